The number of carboxylic acid groups (broad SMARTS) is 1. The number of nitrogens with one attached hydrogen (secondary N) is 2. The first kappa shape index (κ1) is 16.4. The summed E-state index contributed by atoms with van der Waals surface area (Å²) in [5.41, 5.74) is 1.09. The predicted octanol–water partition coefficient (Wildman–Crippen LogP) is 2.08. The molecule has 22 heavy (non-hydrogen) atoms. The number of benzene rings is 1. The van der Waals surface area contributed by atoms with Crippen molar-refractivity contribution in [2.45, 2.75) is 25.3 Å². The molecule has 1 unspecified atom stereocenters. The molecule has 1 aliphatic heterocycles. The van der Waals surface area contributed by atoms with Gasteiger partial charge in [0.2, 0.25) is 0 Å². The monoisotopic (exact) mass is 325 g/mol. The minimum atomic E-state index is -0.850. The van der Waals surface area contributed by atoms with Gasteiger partial charge in [-0.3, -0.25) is 4.79 Å². The van der Waals surface area contributed by atoms with E-state index >= 15 is 0 Å². The summed E-state index contributed by atoms with van der Waals surface area (Å²) >= 11 is 5.88. The second kappa shape index (κ2) is 7.89. The van der Waals surface area contributed by atoms with Gasteiger partial charge in [0.1, 0.15) is 0 Å². The number of hydrogen-bond donors (Lipinski definition) is 3. The molecule has 6 nitrogen and oxygen atoms in total. The van der Waals surface area contributed by atoms with Crippen molar-refractivity contribution in [3.63, 3.8) is 0 Å². The number of hydrogen-bond acceptors (Lipinski definition) is 3. The Hall–Kier alpha value is -1.95. The van der Waals surface area contributed by atoms with Crippen molar-refractivity contribution in [3.8, 4) is 0 Å². The normalized spacial score (nSPS) is 17.3. The molecule has 1 heterocycles. The quantitative estimate of drug-likeness (QED) is 0.699. The van der Waals surface area contributed by atoms with Crippen LogP contribution in [-0.2, 0) is 4.79 Å². The highest BCUT2D eigenvalue weighted by atomic mass is 35.5. The second-order valence-electron chi connectivity index (χ2n) is 5.31. The van der Waals surface area contributed by atoms with Crippen molar-refractivity contribution < 1.29 is 14.7 Å². The molecule has 120 valence electrons. The highest BCUT2D eigenvalue weighted by Crippen LogP contribution is 2.22. The van der Waals surface area contributed by atoms with Crippen LogP contribution in [0.2, 0.25) is 5.02 Å². The molecule has 0 spiro atoms. The molecule has 2 amide bonds. The summed E-state index contributed by atoms with van der Waals surface area (Å²) in [4.78, 5) is 24.3. The Morgan fingerprint density at radius 3 is 2.73 bits per heavy atom. The number of rotatable bonds is 6. The molecule has 0 aromatic heterocycles. The standard InChI is InChI=1S/C15H20ClN3O3/c16-11-3-5-13(6-4-11)19-9-7-12(10-19)18-15(22)17-8-1-2-14(20)21/h3-6,12H,1-2,7-10H2,(H,20,21)(H2,17,18,22). The van der Waals surface area contributed by atoms with E-state index in [0.29, 0.717) is 18.0 Å². The number of carboxylic acids is 1. The van der Waals surface area contributed by atoms with Crippen LogP contribution in [-0.4, -0.2) is 42.8 Å². The first-order valence-electron chi connectivity index (χ1n) is 7.31. The Kier molecular flexibility index (Phi) is 5.89. The number of urea groups is 1. The fourth-order valence-corrected chi connectivity index (χ4v) is 2.57. The van der Waals surface area contributed by atoms with Gasteiger partial charge in [0.05, 0.1) is 0 Å². The van der Waals surface area contributed by atoms with Gasteiger partial charge in [0.15, 0.2) is 0 Å². The lowest BCUT2D eigenvalue weighted by Crippen LogP contribution is -2.43. The lowest BCUT2D eigenvalue weighted by Gasteiger charge is -2.19. The molecular weight excluding hydrogens is 306 g/mol. The zero-order chi connectivity index (χ0) is 15.9. The maximum absolute atomic E-state index is 11.7. The molecule has 1 aliphatic rings. The highest BCUT2D eigenvalue weighted by Gasteiger charge is 2.23. The molecule has 0 radical (unpaired) electrons. The van der Waals surface area contributed by atoms with Crippen molar-refractivity contribution in [2.24, 2.45) is 0 Å². The van der Waals surface area contributed by atoms with Crippen LogP contribution in [0.1, 0.15) is 19.3 Å². The van der Waals surface area contributed by atoms with Crippen LogP contribution < -0.4 is 15.5 Å². The number of aliphatic carboxylic acids is 1. The molecular formula is C15H20ClN3O3. The average Bonchev–Trinajstić information content (AvgIpc) is 2.92. The first-order valence-corrected chi connectivity index (χ1v) is 7.69. The van der Waals surface area contributed by atoms with E-state index in [4.69, 9.17) is 16.7 Å². The lowest BCUT2D eigenvalue weighted by atomic mass is 10.2. The summed E-state index contributed by atoms with van der Waals surface area (Å²) in [6.45, 7) is 2.00. The van der Waals surface area contributed by atoms with Crippen LogP contribution >= 0.6 is 11.6 Å². The molecule has 0 aliphatic carbocycles. The van der Waals surface area contributed by atoms with Gasteiger partial charge in [-0.05, 0) is 37.1 Å². The van der Waals surface area contributed by atoms with Crippen LogP contribution in [0.4, 0.5) is 10.5 Å². The molecule has 0 bridgehead atoms. The van der Waals surface area contributed by atoms with E-state index in [0.717, 1.165) is 25.2 Å². The average molecular weight is 326 g/mol. The van der Waals surface area contributed by atoms with Gasteiger partial charge in [-0.2, -0.15) is 0 Å². The summed E-state index contributed by atoms with van der Waals surface area (Å²) in [6.07, 6.45) is 1.38. The molecule has 7 heteroatoms. The summed E-state index contributed by atoms with van der Waals surface area (Å²) in [7, 11) is 0. The largest absolute Gasteiger partial charge is 0.481 e. The molecule has 2 rings (SSSR count). The summed E-state index contributed by atoms with van der Waals surface area (Å²) in [5, 5.41) is 14.8. The Labute approximate surface area is 134 Å². The number of amides is 2. The Morgan fingerprint density at radius 2 is 2.05 bits per heavy atom. The second-order valence-corrected chi connectivity index (χ2v) is 5.74. The SMILES string of the molecule is O=C(O)CCCNC(=O)NC1CCN(c2ccc(Cl)cc2)C1. The van der Waals surface area contributed by atoms with Crippen molar-refractivity contribution >= 4 is 29.3 Å². The van der Waals surface area contributed by atoms with E-state index in [-0.39, 0.29) is 18.5 Å². The van der Waals surface area contributed by atoms with Gasteiger partial charge >= 0.3 is 12.0 Å². The van der Waals surface area contributed by atoms with Gasteiger partial charge in [-0.1, -0.05) is 11.6 Å². The van der Waals surface area contributed by atoms with Crippen LogP contribution in [0, 0.1) is 0 Å². The topological polar surface area (TPSA) is 81.7 Å². The van der Waals surface area contributed by atoms with Crippen LogP contribution in [0.3, 0.4) is 0 Å². The first-order chi connectivity index (χ1) is 10.5. The van der Waals surface area contributed by atoms with Gasteiger partial charge in [-0.15, -0.1) is 0 Å². The van der Waals surface area contributed by atoms with Crippen LogP contribution in [0.25, 0.3) is 0 Å². The summed E-state index contributed by atoms with van der Waals surface area (Å²) < 4.78 is 0. The van der Waals surface area contributed by atoms with E-state index in [2.05, 4.69) is 15.5 Å². The van der Waals surface area contributed by atoms with Crippen LogP contribution in [0.5, 0.6) is 0 Å². The third kappa shape index (κ3) is 5.11. The zero-order valence-corrected chi connectivity index (χ0v) is 13.0. The molecule has 3 N–H and O–H groups in total. The third-order valence-electron chi connectivity index (χ3n) is 3.57. The van der Waals surface area contributed by atoms with Crippen molar-refractivity contribution in [3.05, 3.63) is 29.3 Å². The third-order valence-corrected chi connectivity index (χ3v) is 3.82. The fourth-order valence-electron chi connectivity index (χ4n) is 2.44. The molecule has 0 saturated carbocycles. The molecule has 1 saturated heterocycles. The van der Waals surface area contributed by atoms with Crippen LogP contribution in [0.15, 0.2) is 24.3 Å². The Morgan fingerprint density at radius 1 is 1.32 bits per heavy atom. The van der Waals surface area contributed by atoms with Gasteiger partial charge < -0.3 is 20.6 Å². The number of carbonyl (C=O) groups is 2. The number of carbonyl (C=O) groups excluding carboxylic acids is 1. The minimum absolute atomic E-state index is 0.0635. The summed E-state index contributed by atoms with van der Waals surface area (Å²) in [5.74, 6) is -0.850. The predicted molar refractivity (Wildman–Crippen MR) is 85.5 cm³/mol. The van der Waals surface area contributed by atoms with Gasteiger partial charge in [0, 0.05) is 42.8 Å². The smallest absolute Gasteiger partial charge is 0.315 e. The molecule has 1 aromatic rings. The number of nitrogens with zero attached hydrogens (tertiary/aromatic N) is 1. The fraction of sp³-hybridized carbons (Fsp3) is 0.467. The number of halogens is 1. The molecule has 1 fully saturated rings. The summed E-state index contributed by atoms with van der Waals surface area (Å²) in [6, 6.07) is 7.50. The Balaban J connectivity index is 1.70. The van der Waals surface area contributed by atoms with E-state index in [1.165, 1.54) is 0 Å². The van der Waals surface area contributed by atoms with Crippen molar-refractivity contribution in [1.82, 2.24) is 10.6 Å². The zero-order valence-electron chi connectivity index (χ0n) is 12.2. The van der Waals surface area contributed by atoms with E-state index in [1.807, 2.05) is 24.3 Å². The van der Waals surface area contributed by atoms with E-state index in [9.17, 15) is 9.59 Å². The van der Waals surface area contributed by atoms with Gasteiger partial charge in [0.25, 0.3) is 0 Å². The minimum Gasteiger partial charge on any atom is -0.481 e. The molecule has 1 atom stereocenters. The van der Waals surface area contributed by atoms with Crippen molar-refractivity contribution in [1.29, 1.82) is 0 Å². The highest BCUT2D eigenvalue weighted by molar-refractivity contribution is 6.30. The maximum Gasteiger partial charge on any atom is 0.315 e. The van der Waals surface area contributed by atoms with Gasteiger partial charge in [-0.25, -0.2) is 4.79 Å². The van der Waals surface area contributed by atoms with E-state index < -0.39 is 5.97 Å². The van der Waals surface area contributed by atoms with Crippen molar-refractivity contribution in [2.75, 3.05) is 24.5 Å². The lowest BCUT2D eigenvalue weighted by molar-refractivity contribution is -0.137. The van der Waals surface area contributed by atoms with E-state index in [1.54, 1.807) is 0 Å². The number of anilines is 1. The maximum atomic E-state index is 11.7. The Bertz CT molecular complexity index is 521. The molecule has 1 aromatic carbocycles.